The molecule has 30 heavy (non-hydrogen) atoms. The highest BCUT2D eigenvalue weighted by Crippen LogP contribution is 2.23. The highest BCUT2D eigenvalue weighted by Gasteiger charge is 2.31. The van der Waals surface area contributed by atoms with Gasteiger partial charge < -0.3 is 15.4 Å². The molecule has 1 atom stereocenters. The molecule has 0 saturated heterocycles. The second-order valence-corrected chi connectivity index (χ2v) is 7.19. The second kappa shape index (κ2) is 8.39. The van der Waals surface area contributed by atoms with E-state index in [9.17, 15) is 14.4 Å². The maximum Gasteiger partial charge on any atom is 0.339 e. The molecule has 6 nitrogen and oxygen atoms in total. The summed E-state index contributed by atoms with van der Waals surface area (Å²) in [7, 11) is 0. The van der Waals surface area contributed by atoms with Gasteiger partial charge in [0.25, 0.3) is 11.8 Å². The molecular formula is C23H17ClN2O4. The zero-order valence-corrected chi connectivity index (χ0v) is 16.5. The number of hydrogen-bond donors (Lipinski definition) is 2. The van der Waals surface area contributed by atoms with Gasteiger partial charge >= 0.3 is 5.97 Å². The molecule has 1 aliphatic heterocycles. The van der Waals surface area contributed by atoms with Gasteiger partial charge in [-0.25, -0.2) is 4.79 Å². The third-order valence-electron chi connectivity index (χ3n) is 4.72. The Morgan fingerprint density at radius 2 is 1.60 bits per heavy atom. The number of carbonyl (C=O) groups excluding carboxylic acids is 3. The molecule has 0 aliphatic carbocycles. The molecule has 1 heterocycles. The predicted molar refractivity (Wildman–Crippen MR) is 114 cm³/mol. The molecule has 0 fully saturated rings. The van der Waals surface area contributed by atoms with Crippen molar-refractivity contribution in [1.82, 2.24) is 0 Å². The van der Waals surface area contributed by atoms with Crippen LogP contribution in [0.1, 0.15) is 26.3 Å². The molecule has 2 amide bonds. The summed E-state index contributed by atoms with van der Waals surface area (Å²) in [5, 5.41) is 6.03. The van der Waals surface area contributed by atoms with E-state index in [2.05, 4.69) is 10.6 Å². The fraction of sp³-hybridized carbons (Fsp3) is 0.0870. The molecule has 3 aromatic rings. The zero-order chi connectivity index (χ0) is 21.1. The second-order valence-electron chi connectivity index (χ2n) is 6.75. The summed E-state index contributed by atoms with van der Waals surface area (Å²) in [5.74, 6) is -1.42. The number of rotatable bonds is 4. The Morgan fingerprint density at radius 3 is 2.40 bits per heavy atom. The molecule has 0 spiro atoms. The van der Waals surface area contributed by atoms with Gasteiger partial charge in [-0.05, 0) is 48.0 Å². The molecule has 1 aliphatic rings. The maximum atomic E-state index is 12.8. The van der Waals surface area contributed by atoms with Crippen LogP contribution in [-0.2, 0) is 16.0 Å². The van der Waals surface area contributed by atoms with Crippen LogP contribution in [0.5, 0.6) is 0 Å². The van der Waals surface area contributed by atoms with Crippen LogP contribution < -0.4 is 10.6 Å². The van der Waals surface area contributed by atoms with Crippen molar-refractivity contribution in [1.29, 1.82) is 0 Å². The average molecular weight is 421 g/mol. The van der Waals surface area contributed by atoms with Crippen molar-refractivity contribution in [3.8, 4) is 0 Å². The first-order valence-electron chi connectivity index (χ1n) is 9.27. The van der Waals surface area contributed by atoms with E-state index in [1.54, 1.807) is 66.7 Å². The number of hydrogen-bond acceptors (Lipinski definition) is 4. The first kappa shape index (κ1) is 19.7. The highest BCUT2D eigenvalue weighted by molar-refractivity contribution is 6.30. The summed E-state index contributed by atoms with van der Waals surface area (Å²) in [6.45, 7) is 0. The largest absolute Gasteiger partial charge is 0.448 e. The smallest absolute Gasteiger partial charge is 0.339 e. The van der Waals surface area contributed by atoms with Crippen molar-refractivity contribution in [3.63, 3.8) is 0 Å². The van der Waals surface area contributed by atoms with E-state index < -0.39 is 18.0 Å². The lowest BCUT2D eigenvalue weighted by molar-refractivity contribution is -0.125. The van der Waals surface area contributed by atoms with Crippen LogP contribution >= 0.6 is 11.6 Å². The molecule has 150 valence electrons. The van der Waals surface area contributed by atoms with Crippen LogP contribution in [0, 0.1) is 0 Å². The lowest BCUT2D eigenvalue weighted by atomic mass is 9.98. The molecule has 0 bridgehead atoms. The summed E-state index contributed by atoms with van der Waals surface area (Å²) < 4.78 is 5.29. The minimum Gasteiger partial charge on any atom is -0.448 e. The Bertz CT molecular complexity index is 1130. The van der Waals surface area contributed by atoms with Crippen LogP contribution in [0.3, 0.4) is 0 Å². The van der Waals surface area contributed by atoms with Gasteiger partial charge in [-0.3, -0.25) is 9.59 Å². The standard InChI is InChI=1S/C23H17ClN2O4/c24-15-9-11-16(12-10-15)25-21(27)18-7-3-4-8-19(18)26-22(28)20-13-14-5-1-2-6-17(14)23(29)30-20/h1-12,20H,13H2,(H,25,27)(H,26,28). The minimum absolute atomic E-state index is 0.271. The van der Waals surface area contributed by atoms with Gasteiger partial charge in [-0.2, -0.15) is 0 Å². The van der Waals surface area contributed by atoms with Gasteiger partial charge in [-0.1, -0.05) is 41.9 Å². The van der Waals surface area contributed by atoms with Gasteiger partial charge in [0.1, 0.15) is 0 Å². The maximum absolute atomic E-state index is 12.8. The topological polar surface area (TPSA) is 84.5 Å². The number of ether oxygens (including phenoxy) is 1. The fourth-order valence-electron chi connectivity index (χ4n) is 3.21. The lowest BCUT2D eigenvalue weighted by Crippen LogP contribution is -2.38. The van der Waals surface area contributed by atoms with Gasteiger partial charge in [0.05, 0.1) is 16.8 Å². The quantitative estimate of drug-likeness (QED) is 0.616. The van der Waals surface area contributed by atoms with E-state index in [1.165, 1.54) is 0 Å². The molecule has 3 aromatic carbocycles. The molecule has 4 rings (SSSR count). The summed E-state index contributed by atoms with van der Waals surface area (Å²) in [5.41, 5.74) is 2.39. The van der Waals surface area contributed by atoms with Crippen LogP contribution in [0.2, 0.25) is 5.02 Å². The van der Waals surface area contributed by atoms with E-state index in [0.29, 0.717) is 22.0 Å². The first-order valence-corrected chi connectivity index (χ1v) is 9.65. The Morgan fingerprint density at radius 1 is 0.900 bits per heavy atom. The van der Waals surface area contributed by atoms with E-state index >= 15 is 0 Å². The first-order chi connectivity index (χ1) is 14.5. The Labute approximate surface area is 177 Å². The fourth-order valence-corrected chi connectivity index (χ4v) is 3.34. The van der Waals surface area contributed by atoms with Crippen LogP contribution in [0.15, 0.2) is 72.8 Å². The van der Waals surface area contributed by atoms with Crippen LogP contribution in [-0.4, -0.2) is 23.9 Å². The monoisotopic (exact) mass is 420 g/mol. The van der Waals surface area contributed by atoms with E-state index in [4.69, 9.17) is 16.3 Å². The number of para-hydroxylation sites is 1. The van der Waals surface area contributed by atoms with Crippen molar-refractivity contribution in [2.75, 3.05) is 10.6 Å². The number of fused-ring (bicyclic) bond motifs is 1. The zero-order valence-electron chi connectivity index (χ0n) is 15.7. The number of halogens is 1. The minimum atomic E-state index is -0.972. The summed E-state index contributed by atoms with van der Waals surface area (Å²) in [4.78, 5) is 37.7. The van der Waals surface area contributed by atoms with Gasteiger partial charge in [-0.15, -0.1) is 0 Å². The lowest BCUT2D eigenvalue weighted by Gasteiger charge is -2.24. The summed E-state index contributed by atoms with van der Waals surface area (Å²) >= 11 is 5.87. The normalized spacial score (nSPS) is 15.0. The predicted octanol–water partition coefficient (Wildman–Crippen LogP) is 4.31. The Hall–Kier alpha value is -3.64. The average Bonchev–Trinajstić information content (AvgIpc) is 2.75. The third-order valence-corrected chi connectivity index (χ3v) is 4.97. The summed E-state index contributed by atoms with van der Waals surface area (Å²) in [6, 6.07) is 20.3. The SMILES string of the molecule is O=C1OC(C(=O)Nc2ccccc2C(=O)Nc2ccc(Cl)cc2)Cc2ccccc21. The molecule has 1 unspecified atom stereocenters. The Kier molecular flexibility index (Phi) is 5.50. The number of benzene rings is 3. The number of amides is 2. The number of anilines is 2. The van der Waals surface area contributed by atoms with Gasteiger partial charge in [0.15, 0.2) is 6.10 Å². The van der Waals surface area contributed by atoms with Crippen molar-refractivity contribution >= 4 is 40.8 Å². The molecule has 2 N–H and O–H groups in total. The van der Waals surface area contributed by atoms with Crippen molar-refractivity contribution in [2.24, 2.45) is 0 Å². The number of cyclic esters (lactones) is 1. The van der Waals surface area contributed by atoms with Crippen molar-refractivity contribution in [3.05, 3.63) is 94.5 Å². The molecular weight excluding hydrogens is 404 g/mol. The van der Waals surface area contributed by atoms with Gasteiger partial charge in [0, 0.05) is 17.1 Å². The molecule has 0 radical (unpaired) electrons. The Balaban J connectivity index is 1.50. The van der Waals surface area contributed by atoms with Crippen molar-refractivity contribution in [2.45, 2.75) is 12.5 Å². The molecule has 0 saturated carbocycles. The summed E-state index contributed by atoms with van der Waals surface area (Å²) in [6.07, 6.45) is -0.702. The van der Waals surface area contributed by atoms with Crippen LogP contribution in [0.25, 0.3) is 0 Å². The third kappa shape index (κ3) is 4.18. The number of carbonyl (C=O) groups is 3. The van der Waals surface area contributed by atoms with Crippen LogP contribution in [0.4, 0.5) is 11.4 Å². The van der Waals surface area contributed by atoms with E-state index in [-0.39, 0.29) is 17.9 Å². The van der Waals surface area contributed by atoms with E-state index in [1.807, 2.05) is 6.07 Å². The molecule has 0 aromatic heterocycles. The van der Waals surface area contributed by atoms with Gasteiger partial charge in [0.2, 0.25) is 0 Å². The number of esters is 1. The number of nitrogens with one attached hydrogen (secondary N) is 2. The van der Waals surface area contributed by atoms with Crippen molar-refractivity contribution < 1.29 is 19.1 Å². The van der Waals surface area contributed by atoms with E-state index in [0.717, 1.165) is 5.56 Å². The highest BCUT2D eigenvalue weighted by atomic mass is 35.5. The molecule has 7 heteroatoms.